The summed E-state index contributed by atoms with van der Waals surface area (Å²) in [6.07, 6.45) is 0. The van der Waals surface area contributed by atoms with Crippen molar-refractivity contribution in [3.05, 3.63) is 92.2 Å². The molecule has 0 fully saturated rings. The second-order valence-electron chi connectivity index (χ2n) is 9.21. The maximum absolute atomic E-state index is 13.9. The first kappa shape index (κ1) is 16.6. The zero-order valence-corrected chi connectivity index (χ0v) is 17.6. The van der Waals surface area contributed by atoms with Gasteiger partial charge in [0.15, 0.2) is 10.9 Å². The van der Waals surface area contributed by atoms with Crippen LogP contribution in [0.3, 0.4) is 0 Å². The summed E-state index contributed by atoms with van der Waals surface area (Å²) >= 11 is 0. The molecule has 8 aromatic carbocycles. The Hall–Kier alpha value is -4.04. The third-order valence-electron chi connectivity index (χ3n) is 7.83. The fourth-order valence-electron chi connectivity index (χ4n) is 6.41. The molecule has 32 heavy (non-hydrogen) atoms. The molecule has 0 unspecified atom stereocenters. The fourth-order valence-corrected chi connectivity index (χ4v) is 6.41. The molecule has 0 aliphatic carbocycles. The van der Waals surface area contributed by atoms with Gasteiger partial charge in [-0.05, 0) is 46.5 Å². The molecule has 0 atom stereocenters. The van der Waals surface area contributed by atoms with Crippen LogP contribution < -0.4 is 10.9 Å². The van der Waals surface area contributed by atoms with Gasteiger partial charge in [0.05, 0.1) is 0 Å². The van der Waals surface area contributed by atoms with E-state index < -0.39 is 0 Å². The molecule has 2 nitrogen and oxygen atoms in total. The van der Waals surface area contributed by atoms with Gasteiger partial charge in [-0.25, -0.2) is 0 Å². The minimum absolute atomic E-state index is 0.0852. The third-order valence-corrected chi connectivity index (χ3v) is 7.83. The van der Waals surface area contributed by atoms with E-state index in [0.29, 0.717) is 0 Å². The summed E-state index contributed by atoms with van der Waals surface area (Å²) in [6.45, 7) is 4.13. The Kier molecular flexibility index (Phi) is 2.63. The molecule has 0 aromatic heterocycles. The molecule has 0 radical (unpaired) electrons. The van der Waals surface area contributed by atoms with Crippen molar-refractivity contribution in [3.8, 4) is 0 Å². The highest BCUT2D eigenvalue weighted by Gasteiger charge is 2.26. The number of aryl methyl sites for hydroxylation is 2. The van der Waals surface area contributed by atoms with Crippen LogP contribution in [-0.4, -0.2) is 0 Å². The Labute approximate surface area is 181 Å². The molecular formula is C30H16O2. The number of hydrogen-bond acceptors (Lipinski definition) is 2. The molecule has 0 aliphatic rings. The van der Waals surface area contributed by atoms with Crippen LogP contribution in [0.5, 0.6) is 0 Å². The average Bonchev–Trinajstić information content (AvgIpc) is 2.82. The Bertz CT molecular complexity index is 2190. The van der Waals surface area contributed by atoms with Gasteiger partial charge in [-0.3, -0.25) is 9.59 Å². The Morgan fingerprint density at radius 2 is 0.875 bits per heavy atom. The van der Waals surface area contributed by atoms with Crippen LogP contribution in [0, 0.1) is 13.8 Å². The van der Waals surface area contributed by atoms with Crippen molar-refractivity contribution in [2.45, 2.75) is 13.8 Å². The molecule has 8 rings (SSSR count). The van der Waals surface area contributed by atoms with Crippen molar-refractivity contribution in [2.24, 2.45) is 0 Å². The van der Waals surface area contributed by atoms with E-state index in [2.05, 4.69) is 38.1 Å². The van der Waals surface area contributed by atoms with E-state index in [1.54, 1.807) is 0 Å². The van der Waals surface area contributed by atoms with Gasteiger partial charge in [0.1, 0.15) is 0 Å². The highest BCUT2D eigenvalue weighted by atomic mass is 16.1. The first-order valence-corrected chi connectivity index (χ1v) is 11.0. The average molecular weight is 408 g/mol. The van der Waals surface area contributed by atoms with Crippen LogP contribution in [0.4, 0.5) is 0 Å². The van der Waals surface area contributed by atoms with Gasteiger partial charge in [0.25, 0.3) is 0 Å². The smallest absolute Gasteiger partial charge is 0.194 e. The largest absolute Gasteiger partial charge is 0.289 e. The minimum Gasteiger partial charge on any atom is -0.289 e. The predicted octanol–water partition coefficient (Wildman–Crippen LogP) is 6.85. The molecule has 0 N–H and O–H groups in total. The van der Waals surface area contributed by atoms with E-state index in [-0.39, 0.29) is 10.9 Å². The lowest BCUT2D eigenvalue weighted by Gasteiger charge is -2.22. The molecule has 2 heteroatoms. The summed E-state index contributed by atoms with van der Waals surface area (Å²) in [5, 5.41) is 13.8. The maximum atomic E-state index is 13.9. The van der Waals surface area contributed by atoms with Gasteiger partial charge < -0.3 is 0 Å². The maximum Gasteiger partial charge on any atom is 0.194 e. The second kappa shape index (κ2) is 5.05. The van der Waals surface area contributed by atoms with E-state index >= 15 is 0 Å². The van der Waals surface area contributed by atoms with Crippen molar-refractivity contribution in [3.63, 3.8) is 0 Å². The quantitative estimate of drug-likeness (QED) is 0.203. The molecule has 0 bridgehead atoms. The lowest BCUT2D eigenvalue weighted by molar-refractivity contribution is 1.39. The van der Waals surface area contributed by atoms with E-state index in [4.69, 9.17) is 0 Å². The van der Waals surface area contributed by atoms with Crippen LogP contribution in [0.15, 0.2) is 70.3 Å². The second-order valence-corrected chi connectivity index (χ2v) is 9.21. The number of hydrogen-bond donors (Lipinski definition) is 0. The first-order chi connectivity index (χ1) is 15.6. The summed E-state index contributed by atoms with van der Waals surface area (Å²) in [5.41, 5.74) is 2.34. The van der Waals surface area contributed by atoms with Crippen molar-refractivity contribution >= 4 is 75.4 Å². The van der Waals surface area contributed by atoms with E-state index in [1.165, 1.54) is 0 Å². The van der Waals surface area contributed by atoms with Gasteiger partial charge in [0, 0.05) is 53.9 Å². The SMILES string of the molecule is Cc1cc2c3cccc4c(=O)c5cccc6c7cccc8c(=O)c(c1C)c2c(c87)c(c56)c43. The van der Waals surface area contributed by atoms with Crippen LogP contribution in [0.2, 0.25) is 0 Å². The highest BCUT2D eigenvalue weighted by Crippen LogP contribution is 2.49. The van der Waals surface area contributed by atoms with Crippen LogP contribution in [0.25, 0.3) is 75.4 Å². The van der Waals surface area contributed by atoms with Crippen molar-refractivity contribution in [1.82, 2.24) is 0 Å². The van der Waals surface area contributed by atoms with Gasteiger partial charge >= 0.3 is 0 Å². The van der Waals surface area contributed by atoms with Gasteiger partial charge in [-0.15, -0.1) is 0 Å². The summed E-state index contributed by atoms with van der Waals surface area (Å²) < 4.78 is 0. The van der Waals surface area contributed by atoms with E-state index in [9.17, 15) is 9.59 Å². The van der Waals surface area contributed by atoms with Crippen molar-refractivity contribution in [1.29, 1.82) is 0 Å². The lowest BCUT2D eigenvalue weighted by atomic mass is 9.79. The topological polar surface area (TPSA) is 34.1 Å². The molecule has 148 valence electrons. The third kappa shape index (κ3) is 1.56. The van der Waals surface area contributed by atoms with Crippen molar-refractivity contribution < 1.29 is 0 Å². The molecule has 0 aliphatic heterocycles. The first-order valence-electron chi connectivity index (χ1n) is 11.0. The fraction of sp³-hybridized carbons (Fsp3) is 0.0667. The van der Waals surface area contributed by atoms with Gasteiger partial charge in [-0.2, -0.15) is 0 Å². The van der Waals surface area contributed by atoms with Crippen LogP contribution >= 0.6 is 0 Å². The van der Waals surface area contributed by atoms with Gasteiger partial charge in [-0.1, -0.05) is 60.7 Å². The summed E-state index contributed by atoms with van der Waals surface area (Å²) in [5.74, 6) is 0. The van der Waals surface area contributed by atoms with Gasteiger partial charge in [0.2, 0.25) is 0 Å². The van der Waals surface area contributed by atoms with E-state index in [0.717, 1.165) is 86.5 Å². The molecule has 0 spiro atoms. The minimum atomic E-state index is 0.0852. The molecule has 0 saturated heterocycles. The zero-order chi connectivity index (χ0) is 21.5. The Morgan fingerprint density at radius 3 is 1.44 bits per heavy atom. The Balaban J connectivity index is 2.01. The predicted molar refractivity (Wildman–Crippen MR) is 136 cm³/mol. The lowest BCUT2D eigenvalue weighted by Crippen LogP contribution is -2.10. The van der Waals surface area contributed by atoms with E-state index in [1.807, 2.05) is 36.4 Å². The van der Waals surface area contributed by atoms with Crippen LogP contribution in [0.1, 0.15) is 11.1 Å². The normalized spacial score (nSPS) is 12.9. The number of fused-ring (bicyclic) bond motifs is 2. The summed E-state index contributed by atoms with van der Waals surface area (Å²) in [6, 6.07) is 20.3. The molecule has 0 heterocycles. The standard InChI is InChI=1S/C30H16O2/c1-13-12-21-17-8-5-10-19-25(17)27-23-15(6-3-9-18(23)29(19)31)16-7-4-11-20-24(16)28(27)26(21)22(14(13)2)30(20)32/h3-12H,1-2H3. The molecular weight excluding hydrogens is 392 g/mol. The molecule has 8 aromatic rings. The van der Waals surface area contributed by atoms with Crippen LogP contribution in [-0.2, 0) is 0 Å². The molecule has 0 amide bonds. The Morgan fingerprint density at radius 1 is 0.438 bits per heavy atom. The molecule has 0 saturated carbocycles. The number of rotatable bonds is 0. The van der Waals surface area contributed by atoms with Crippen molar-refractivity contribution in [2.75, 3.05) is 0 Å². The highest BCUT2D eigenvalue weighted by molar-refractivity contribution is 6.48. The number of benzene rings is 8. The monoisotopic (exact) mass is 408 g/mol. The zero-order valence-electron chi connectivity index (χ0n) is 17.6. The summed E-state index contributed by atoms with van der Waals surface area (Å²) in [4.78, 5) is 27.5. The summed E-state index contributed by atoms with van der Waals surface area (Å²) in [7, 11) is 0.